The highest BCUT2D eigenvalue weighted by Gasteiger charge is 2.19. The first kappa shape index (κ1) is 19.7. The minimum Gasteiger partial charge on any atom is -0.465 e. The maximum absolute atomic E-state index is 12.6. The molecule has 0 spiro atoms. The number of halogens is 1. The van der Waals surface area contributed by atoms with Crippen molar-refractivity contribution in [3.05, 3.63) is 58.6 Å². The van der Waals surface area contributed by atoms with Crippen molar-refractivity contribution in [2.75, 3.05) is 30.0 Å². The van der Waals surface area contributed by atoms with Crippen molar-refractivity contribution < 1.29 is 22.7 Å². The molecule has 0 radical (unpaired) electrons. The van der Waals surface area contributed by atoms with Crippen LogP contribution >= 0.6 is 11.6 Å². The maximum Gasteiger partial charge on any atom is 0.339 e. The van der Waals surface area contributed by atoms with Gasteiger partial charge in [0, 0.05) is 7.05 Å². The number of rotatable bonds is 5. The number of carbonyl (C=O) groups excluding carboxylic acids is 2. The van der Waals surface area contributed by atoms with Crippen molar-refractivity contribution in [1.29, 1.82) is 0 Å². The zero-order valence-electron chi connectivity index (χ0n) is 14.3. The van der Waals surface area contributed by atoms with Crippen LogP contribution in [0.3, 0.4) is 0 Å². The Bertz CT molecular complexity index is 959. The van der Waals surface area contributed by atoms with Crippen LogP contribution in [0.1, 0.15) is 20.7 Å². The SMILES string of the molecule is COC(=O)c1ccccc1NC(=O)c1cc(N(C)S(C)(=O)=O)ccc1Cl. The first-order valence-corrected chi connectivity index (χ1v) is 9.60. The maximum atomic E-state index is 12.6. The summed E-state index contributed by atoms with van der Waals surface area (Å²) >= 11 is 6.09. The van der Waals surface area contributed by atoms with Crippen molar-refractivity contribution in [3.63, 3.8) is 0 Å². The largest absolute Gasteiger partial charge is 0.465 e. The predicted molar refractivity (Wildman–Crippen MR) is 100 cm³/mol. The molecule has 0 saturated heterocycles. The molecular weight excluding hydrogens is 380 g/mol. The van der Waals surface area contributed by atoms with Gasteiger partial charge in [-0.25, -0.2) is 13.2 Å². The van der Waals surface area contributed by atoms with E-state index in [1.165, 1.54) is 38.4 Å². The summed E-state index contributed by atoms with van der Waals surface area (Å²) in [7, 11) is -0.888. The van der Waals surface area contributed by atoms with Gasteiger partial charge in [-0.3, -0.25) is 9.10 Å². The second kappa shape index (κ2) is 7.76. The highest BCUT2D eigenvalue weighted by atomic mass is 35.5. The molecule has 0 saturated carbocycles. The lowest BCUT2D eigenvalue weighted by Gasteiger charge is -2.18. The molecule has 26 heavy (non-hydrogen) atoms. The first-order chi connectivity index (χ1) is 12.1. The van der Waals surface area contributed by atoms with E-state index in [-0.39, 0.29) is 27.5 Å². The van der Waals surface area contributed by atoms with Gasteiger partial charge in [-0.1, -0.05) is 23.7 Å². The Kier molecular flexibility index (Phi) is 5.89. The fourth-order valence-corrected chi connectivity index (χ4v) is 2.84. The summed E-state index contributed by atoms with van der Waals surface area (Å²) in [5.41, 5.74) is 0.786. The van der Waals surface area contributed by atoms with Gasteiger partial charge in [0.15, 0.2) is 0 Å². The number of nitrogens with one attached hydrogen (secondary N) is 1. The normalized spacial score (nSPS) is 10.9. The van der Waals surface area contributed by atoms with E-state index < -0.39 is 21.9 Å². The Labute approximate surface area is 156 Å². The summed E-state index contributed by atoms with van der Waals surface area (Å²) in [4.78, 5) is 24.4. The number of para-hydroxylation sites is 1. The van der Waals surface area contributed by atoms with Gasteiger partial charge in [0.2, 0.25) is 10.0 Å². The number of hydrogen-bond acceptors (Lipinski definition) is 5. The summed E-state index contributed by atoms with van der Waals surface area (Å²) in [5.74, 6) is -1.19. The molecular formula is C17H17ClN2O5S. The number of carbonyl (C=O) groups is 2. The standard InChI is InChI=1S/C17H17ClN2O5S/c1-20(26(3,23)24)11-8-9-14(18)13(10-11)16(21)19-15-7-5-4-6-12(15)17(22)25-2/h4-10H,1-3H3,(H,19,21). The lowest BCUT2D eigenvalue weighted by atomic mass is 10.1. The van der Waals surface area contributed by atoms with Crippen molar-refractivity contribution >= 4 is 44.9 Å². The second-order valence-electron chi connectivity index (χ2n) is 5.39. The molecule has 0 fully saturated rings. The number of ether oxygens (including phenoxy) is 1. The molecule has 1 amide bonds. The fraction of sp³-hybridized carbons (Fsp3) is 0.176. The van der Waals surface area contributed by atoms with E-state index in [2.05, 4.69) is 10.1 Å². The van der Waals surface area contributed by atoms with E-state index in [0.29, 0.717) is 0 Å². The summed E-state index contributed by atoms with van der Waals surface area (Å²) in [6.07, 6.45) is 1.05. The van der Waals surface area contributed by atoms with E-state index >= 15 is 0 Å². The minimum absolute atomic E-state index is 0.0688. The Hall–Kier alpha value is -2.58. The number of amides is 1. The predicted octanol–water partition coefficient (Wildman–Crippen LogP) is 2.77. The average Bonchev–Trinajstić information content (AvgIpc) is 2.60. The molecule has 7 nitrogen and oxygen atoms in total. The third kappa shape index (κ3) is 4.33. The average molecular weight is 397 g/mol. The molecule has 0 atom stereocenters. The Morgan fingerprint density at radius 2 is 1.77 bits per heavy atom. The molecule has 0 heterocycles. The summed E-state index contributed by atoms with van der Waals surface area (Å²) < 4.78 is 29.1. The minimum atomic E-state index is -3.49. The quantitative estimate of drug-likeness (QED) is 0.784. The van der Waals surface area contributed by atoms with Gasteiger partial charge >= 0.3 is 5.97 Å². The Morgan fingerprint density at radius 1 is 1.12 bits per heavy atom. The van der Waals surface area contributed by atoms with Crippen molar-refractivity contribution in [2.45, 2.75) is 0 Å². The molecule has 0 aromatic heterocycles. The number of sulfonamides is 1. The molecule has 9 heteroatoms. The van der Waals surface area contributed by atoms with Gasteiger partial charge in [0.25, 0.3) is 5.91 Å². The van der Waals surface area contributed by atoms with Crippen LogP contribution in [0.5, 0.6) is 0 Å². The lowest BCUT2D eigenvalue weighted by molar-refractivity contribution is 0.0602. The molecule has 0 bridgehead atoms. The number of hydrogen-bond donors (Lipinski definition) is 1. The highest BCUT2D eigenvalue weighted by Crippen LogP contribution is 2.25. The summed E-state index contributed by atoms with van der Waals surface area (Å²) in [5, 5.41) is 2.74. The smallest absolute Gasteiger partial charge is 0.339 e. The van der Waals surface area contributed by atoms with Crippen molar-refractivity contribution in [2.24, 2.45) is 0 Å². The lowest BCUT2D eigenvalue weighted by Crippen LogP contribution is -2.25. The van der Waals surface area contributed by atoms with Gasteiger partial charge in [-0.05, 0) is 30.3 Å². The molecule has 0 aliphatic rings. The molecule has 0 aliphatic carbocycles. The van der Waals surface area contributed by atoms with Crippen LogP contribution < -0.4 is 9.62 Å². The fourth-order valence-electron chi connectivity index (χ4n) is 2.14. The molecule has 1 N–H and O–H groups in total. The zero-order valence-corrected chi connectivity index (χ0v) is 15.9. The molecule has 0 unspecified atom stereocenters. The van der Waals surface area contributed by atoms with E-state index in [4.69, 9.17) is 11.6 Å². The van der Waals surface area contributed by atoms with E-state index in [9.17, 15) is 18.0 Å². The molecule has 2 aromatic rings. The van der Waals surface area contributed by atoms with Crippen LogP contribution in [0.25, 0.3) is 0 Å². The number of benzene rings is 2. The van der Waals surface area contributed by atoms with Crippen molar-refractivity contribution in [1.82, 2.24) is 0 Å². The van der Waals surface area contributed by atoms with E-state index in [0.717, 1.165) is 10.6 Å². The molecule has 0 aliphatic heterocycles. The van der Waals surface area contributed by atoms with Crippen LogP contribution in [0.4, 0.5) is 11.4 Å². The number of esters is 1. The van der Waals surface area contributed by atoms with Crippen LogP contribution in [-0.2, 0) is 14.8 Å². The zero-order chi connectivity index (χ0) is 19.5. The highest BCUT2D eigenvalue weighted by molar-refractivity contribution is 7.92. The Morgan fingerprint density at radius 3 is 2.38 bits per heavy atom. The topological polar surface area (TPSA) is 92.8 Å². The third-order valence-electron chi connectivity index (χ3n) is 3.64. The number of methoxy groups -OCH3 is 1. The third-order valence-corrected chi connectivity index (χ3v) is 5.17. The van der Waals surface area contributed by atoms with E-state index in [1.54, 1.807) is 18.2 Å². The molecule has 2 rings (SSSR count). The van der Waals surface area contributed by atoms with Gasteiger partial charge in [0.05, 0.1) is 40.9 Å². The Balaban J connectivity index is 2.38. The number of nitrogens with zero attached hydrogens (tertiary/aromatic N) is 1. The first-order valence-electron chi connectivity index (χ1n) is 7.37. The second-order valence-corrected chi connectivity index (χ2v) is 7.81. The van der Waals surface area contributed by atoms with Crippen LogP contribution in [0.2, 0.25) is 5.02 Å². The molecule has 138 valence electrons. The summed E-state index contributed by atoms with van der Waals surface area (Å²) in [6, 6.07) is 10.6. The number of anilines is 2. The van der Waals surface area contributed by atoms with Crippen molar-refractivity contribution in [3.8, 4) is 0 Å². The van der Waals surface area contributed by atoms with Gasteiger partial charge in [-0.15, -0.1) is 0 Å². The van der Waals surface area contributed by atoms with Crippen LogP contribution in [-0.4, -0.2) is 40.7 Å². The van der Waals surface area contributed by atoms with Gasteiger partial charge < -0.3 is 10.1 Å². The van der Waals surface area contributed by atoms with Crippen LogP contribution in [0, 0.1) is 0 Å². The van der Waals surface area contributed by atoms with Gasteiger partial charge in [0.1, 0.15) is 0 Å². The van der Waals surface area contributed by atoms with Crippen LogP contribution in [0.15, 0.2) is 42.5 Å². The monoisotopic (exact) mass is 396 g/mol. The van der Waals surface area contributed by atoms with E-state index in [1.807, 2.05) is 0 Å². The van der Waals surface area contributed by atoms with Gasteiger partial charge in [-0.2, -0.15) is 0 Å². The molecule has 2 aromatic carbocycles. The summed E-state index contributed by atoms with van der Waals surface area (Å²) in [6.45, 7) is 0.